The van der Waals surface area contributed by atoms with Gasteiger partial charge in [0.05, 0.1) is 0 Å². The van der Waals surface area contributed by atoms with Crippen LogP contribution in [0.2, 0.25) is 0 Å². The minimum absolute atomic E-state index is 0.263. The highest BCUT2D eigenvalue weighted by Crippen LogP contribution is 2.21. The van der Waals surface area contributed by atoms with Crippen LogP contribution in [0.1, 0.15) is 31.2 Å². The maximum Gasteiger partial charge on any atom is 0.137 e. The molecule has 0 spiro atoms. The van der Waals surface area contributed by atoms with Gasteiger partial charge in [0.15, 0.2) is 0 Å². The second-order valence-corrected chi connectivity index (χ2v) is 6.15. The summed E-state index contributed by atoms with van der Waals surface area (Å²) in [5, 5.41) is 0. The van der Waals surface area contributed by atoms with Crippen LogP contribution in [0.5, 0.6) is 0 Å². The van der Waals surface area contributed by atoms with Crippen molar-refractivity contribution in [1.82, 2.24) is 4.90 Å². The van der Waals surface area contributed by atoms with Gasteiger partial charge in [0, 0.05) is 29.9 Å². The van der Waals surface area contributed by atoms with E-state index in [1.165, 1.54) is 12.0 Å². The summed E-state index contributed by atoms with van der Waals surface area (Å²) in [6, 6.07) is 8.39. The molecule has 1 aromatic rings. The van der Waals surface area contributed by atoms with Gasteiger partial charge in [-0.1, -0.05) is 34.5 Å². The molecule has 0 amide bonds. The molecular formula is C15H20BrNO. The fourth-order valence-electron chi connectivity index (χ4n) is 2.59. The van der Waals surface area contributed by atoms with E-state index < -0.39 is 0 Å². The van der Waals surface area contributed by atoms with Crippen molar-refractivity contribution in [3.8, 4) is 0 Å². The van der Waals surface area contributed by atoms with Crippen LogP contribution < -0.4 is 0 Å². The van der Waals surface area contributed by atoms with Gasteiger partial charge in [0.1, 0.15) is 5.78 Å². The van der Waals surface area contributed by atoms with E-state index in [-0.39, 0.29) is 5.92 Å². The second kappa shape index (κ2) is 6.48. The van der Waals surface area contributed by atoms with Gasteiger partial charge < -0.3 is 4.90 Å². The molecule has 0 heterocycles. The normalized spacial score (nSPS) is 20.4. The molecule has 2 rings (SSSR count). The van der Waals surface area contributed by atoms with E-state index in [2.05, 4.69) is 52.1 Å². The summed E-state index contributed by atoms with van der Waals surface area (Å²) in [6.07, 6.45) is 4.16. The zero-order valence-electron chi connectivity index (χ0n) is 10.9. The number of carbonyl (C=O) groups is 1. The summed E-state index contributed by atoms with van der Waals surface area (Å²) in [7, 11) is 2.10. The lowest BCUT2D eigenvalue weighted by Crippen LogP contribution is -2.32. The smallest absolute Gasteiger partial charge is 0.137 e. The molecule has 98 valence electrons. The average molecular weight is 310 g/mol. The Hall–Kier alpha value is -0.670. The summed E-state index contributed by atoms with van der Waals surface area (Å²) in [5.41, 5.74) is 1.30. The van der Waals surface area contributed by atoms with Crippen LogP contribution >= 0.6 is 15.9 Å². The fraction of sp³-hybridized carbons (Fsp3) is 0.533. The van der Waals surface area contributed by atoms with Gasteiger partial charge in [-0.3, -0.25) is 4.79 Å². The van der Waals surface area contributed by atoms with Crippen molar-refractivity contribution in [2.24, 2.45) is 5.92 Å². The topological polar surface area (TPSA) is 20.3 Å². The predicted octanol–water partition coefficient (Wildman–Crippen LogP) is 3.64. The van der Waals surface area contributed by atoms with Gasteiger partial charge >= 0.3 is 0 Å². The number of ketones is 1. The van der Waals surface area contributed by atoms with Crippen molar-refractivity contribution in [3.05, 3.63) is 34.3 Å². The number of hydrogen-bond donors (Lipinski definition) is 0. The molecule has 0 bridgehead atoms. The van der Waals surface area contributed by atoms with Crippen molar-refractivity contribution in [2.45, 2.75) is 32.2 Å². The zero-order chi connectivity index (χ0) is 13.0. The standard InChI is InChI=1S/C15H20BrNO/c1-17(10-12-6-8-14(16)9-7-12)11-13-4-2-3-5-15(13)18/h6-9,13H,2-5,10-11H2,1H3. The highest BCUT2D eigenvalue weighted by Gasteiger charge is 2.23. The summed E-state index contributed by atoms with van der Waals surface area (Å²) in [4.78, 5) is 14.1. The molecule has 1 atom stereocenters. The lowest BCUT2D eigenvalue weighted by Gasteiger charge is -2.26. The van der Waals surface area contributed by atoms with E-state index in [1.54, 1.807) is 0 Å². The second-order valence-electron chi connectivity index (χ2n) is 5.23. The summed E-state index contributed by atoms with van der Waals surface area (Å²) in [6.45, 7) is 1.81. The third-order valence-electron chi connectivity index (χ3n) is 3.58. The van der Waals surface area contributed by atoms with E-state index in [4.69, 9.17) is 0 Å². The minimum atomic E-state index is 0.263. The molecule has 2 nitrogen and oxygen atoms in total. The van der Waals surface area contributed by atoms with Gasteiger partial charge in [-0.2, -0.15) is 0 Å². The highest BCUT2D eigenvalue weighted by molar-refractivity contribution is 9.10. The average Bonchev–Trinajstić information content (AvgIpc) is 2.35. The van der Waals surface area contributed by atoms with Crippen molar-refractivity contribution < 1.29 is 4.79 Å². The van der Waals surface area contributed by atoms with Gasteiger partial charge in [0.25, 0.3) is 0 Å². The van der Waals surface area contributed by atoms with Crippen molar-refractivity contribution in [3.63, 3.8) is 0 Å². The third kappa shape index (κ3) is 3.92. The Morgan fingerprint density at radius 1 is 1.28 bits per heavy atom. The Morgan fingerprint density at radius 2 is 2.00 bits per heavy atom. The number of Topliss-reactive ketones (excluding diaryl/α,β-unsaturated/α-hetero) is 1. The van der Waals surface area contributed by atoms with Crippen molar-refractivity contribution in [2.75, 3.05) is 13.6 Å². The van der Waals surface area contributed by atoms with E-state index in [1.807, 2.05) is 0 Å². The molecule has 1 aliphatic rings. The van der Waals surface area contributed by atoms with Gasteiger partial charge in [-0.05, 0) is 37.6 Å². The van der Waals surface area contributed by atoms with E-state index in [9.17, 15) is 4.79 Å². The molecule has 0 aliphatic heterocycles. The monoisotopic (exact) mass is 309 g/mol. The summed E-state index contributed by atoms with van der Waals surface area (Å²) in [5.74, 6) is 0.725. The zero-order valence-corrected chi connectivity index (χ0v) is 12.4. The lowest BCUT2D eigenvalue weighted by molar-refractivity contribution is -0.125. The molecule has 0 saturated heterocycles. The fourth-order valence-corrected chi connectivity index (χ4v) is 2.85. The van der Waals surface area contributed by atoms with Crippen LogP contribution in [0, 0.1) is 5.92 Å². The molecule has 1 saturated carbocycles. The number of halogens is 1. The van der Waals surface area contributed by atoms with E-state index in [0.717, 1.165) is 36.8 Å². The number of carbonyl (C=O) groups excluding carboxylic acids is 1. The van der Waals surface area contributed by atoms with E-state index >= 15 is 0 Å². The van der Waals surface area contributed by atoms with Crippen LogP contribution in [0.3, 0.4) is 0 Å². The SMILES string of the molecule is CN(Cc1ccc(Br)cc1)CC1CCCCC1=O. The highest BCUT2D eigenvalue weighted by atomic mass is 79.9. The third-order valence-corrected chi connectivity index (χ3v) is 4.11. The molecule has 1 aromatic carbocycles. The van der Waals surface area contributed by atoms with Gasteiger partial charge in [-0.25, -0.2) is 0 Å². The molecule has 18 heavy (non-hydrogen) atoms. The Bertz CT molecular complexity index is 401. The largest absolute Gasteiger partial charge is 0.301 e. The van der Waals surface area contributed by atoms with Crippen molar-refractivity contribution >= 4 is 21.7 Å². The number of rotatable bonds is 4. The predicted molar refractivity (Wildman–Crippen MR) is 77.4 cm³/mol. The molecule has 1 fully saturated rings. The lowest BCUT2D eigenvalue weighted by atomic mass is 9.87. The first-order valence-corrected chi connectivity index (χ1v) is 7.40. The molecule has 0 radical (unpaired) electrons. The molecule has 0 aromatic heterocycles. The maximum atomic E-state index is 11.8. The summed E-state index contributed by atoms with van der Waals surface area (Å²) < 4.78 is 1.11. The quantitative estimate of drug-likeness (QED) is 0.846. The maximum absolute atomic E-state index is 11.8. The molecule has 1 unspecified atom stereocenters. The first kappa shape index (κ1) is 13.8. The Balaban J connectivity index is 1.86. The minimum Gasteiger partial charge on any atom is -0.301 e. The Morgan fingerprint density at radius 3 is 2.67 bits per heavy atom. The Kier molecular flexibility index (Phi) is 4.95. The summed E-state index contributed by atoms with van der Waals surface area (Å²) >= 11 is 3.44. The first-order valence-electron chi connectivity index (χ1n) is 6.61. The van der Waals surface area contributed by atoms with Crippen LogP contribution in [-0.4, -0.2) is 24.3 Å². The van der Waals surface area contributed by atoms with E-state index in [0.29, 0.717) is 5.78 Å². The van der Waals surface area contributed by atoms with Crippen LogP contribution in [0.15, 0.2) is 28.7 Å². The van der Waals surface area contributed by atoms with Crippen LogP contribution in [0.25, 0.3) is 0 Å². The molecule has 0 N–H and O–H groups in total. The number of benzene rings is 1. The number of nitrogens with zero attached hydrogens (tertiary/aromatic N) is 1. The molecule has 1 aliphatic carbocycles. The van der Waals surface area contributed by atoms with Crippen molar-refractivity contribution in [1.29, 1.82) is 0 Å². The Labute approximate surface area is 117 Å². The molecule has 3 heteroatoms. The van der Waals surface area contributed by atoms with Gasteiger partial charge in [0.2, 0.25) is 0 Å². The van der Waals surface area contributed by atoms with Gasteiger partial charge in [-0.15, -0.1) is 0 Å². The molecular weight excluding hydrogens is 290 g/mol. The first-order chi connectivity index (χ1) is 8.65. The number of hydrogen-bond acceptors (Lipinski definition) is 2. The van der Waals surface area contributed by atoms with Crippen LogP contribution in [0.4, 0.5) is 0 Å². The van der Waals surface area contributed by atoms with Crippen LogP contribution in [-0.2, 0) is 11.3 Å².